The predicted molar refractivity (Wildman–Crippen MR) is 195 cm³/mol. The van der Waals surface area contributed by atoms with Crippen molar-refractivity contribution in [2.24, 2.45) is 23.3 Å². The molecule has 0 radical (unpaired) electrons. The highest BCUT2D eigenvalue weighted by Gasteiger charge is 2.53. The van der Waals surface area contributed by atoms with Gasteiger partial charge in [-0.05, 0) is 61.3 Å². The molecular weight excluding hydrogens is 684 g/mol. The van der Waals surface area contributed by atoms with Crippen LogP contribution in [0.5, 0.6) is 5.75 Å². The Hall–Kier alpha value is -5.51. The first kappa shape index (κ1) is 41.9. The molecule has 16 heteroatoms. The standard InChI is InChI=1S/C37H52N8O8/c1-20(2)29(34(51)40-19-28(39)47)43-35(52)30(21(3)4)44-36(53)37(15-16-37)45-33(50)27(18-23-9-7-6-8-10-23)42-31(48)22(5)41-32(49)26(38)17-24-11-13-25(46)14-12-24/h6-14,20-22,26-27,29-30,46H,15-19,38H2,1-5H3,(H2,39,47)(H,40,51)(H,41,49)(H,42,48)(H,43,52)(H,44,53)(H,45,50)/t22-,26+,27+,29+,30+/m1/s1. The molecule has 11 N–H and O–H groups in total. The van der Waals surface area contributed by atoms with Crippen molar-refractivity contribution in [2.75, 3.05) is 6.54 Å². The fourth-order valence-corrected chi connectivity index (χ4v) is 5.45. The molecule has 16 nitrogen and oxygen atoms in total. The average Bonchev–Trinajstić information content (AvgIpc) is 3.89. The van der Waals surface area contributed by atoms with Crippen LogP contribution < -0.4 is 43.4 Å². The van der Waals surface area contributed by atoms with Crippen molar-refractivity contribution in [3.8, 4) is 5.75 Å². The summed E-state index contributed by atoms with van der Waals surface area (Å²) in [7, 11) is 0. The van der Waals surface area contributed by atoms with Crippen LogP contribution in [0.4, 0.5) is 0 Å². The number of amides is 7. The quantitative estimate of drug-likeness (QED) is 0.0858. The van der Waals surface area contributed by atoms with Crippen LogP contribution in [0.1, 0.15) is 58.6 Å². The topological polar surface area (TPSA) is 264 Å². The van der Waals surface area contributed by atoms with Gasteiger partial charge in [0, 0.05) is 6.42 Å². The second-order valence-electron chi connectivity index (χ2n) is 14.1. The Balaban J connectivity index is 1.69. The van der Waals surface area contributed by atoms with Crippen LogP contribution in [-0.4, -0.2) is 88.7 Å². The fourth-order valence-electron chi connectivity index (χ4n) is 5.45. The van der Waals surface area contributed by atoms with Crippen LogP contribution in [-0.2, 0) is 46.4 Å². The summed E-state index contributed by atoms with van der Waals surface area (Å²) >= 11 is 0. The van der Waals surface area contributed by atoms with E-state index >= 15 is 0 Å². The summed E-state index contributed by atoms with van der Waals surface area (Å²) in [6.45, 7) is 7.90. The third-order valence-electron chi connectivity index (χ3n) is 8.86. The molecule has 0 bridgehead atoms. The lowest BCUT2D eigenvalue weighted by atomic mass is 9.99. The summed E-state index contributed by atoms with van der Waals surface area (Å²) in [5.41, 5.74) is 11.3. The van der Waals surface area contributed by atoms with E-state index in [2.05, 4.69) is 31.9 Å². The van der Waals surface area contributed by atoms with Gasteiger partial charge in [0.2, 0.25) is 41.4 Å². The number of primary amides is 1. The highest BCUT2D eigenvalue weighted by molar-refractivity contribution is 6.00. The van der Waals surface area contributed by atoms with Crippen molar-refractivity contribution < 1.29 is 38.7 Å². The molecule has 7 amide bonds. The Morgan fingerprint density at radius 3 is 1.79 bits per heavy atom. The van der Waals surface area contributed by atoms with Gasteiger partial charge < -0.3 is 48.5 Å². The molecule has 53 heavy (non-hydrogen) atoms. The summed E-state index contributed by atoms with van der Waals surface area (Å²) in [6.07, 6.45) is 0.785. The van der Waals surface area contributed by atoms with Gasteiger partial charge in [-0.15, -0.1) is 0 Å². The Morgan fingerprint density at radius 1 is 0.679 bits per heavy atom. The molecule has 0 heterocycles. The van der Waals surface area contributed by atoms with Gasteiger partial charge >= 0.3 is 0 Å². The maximum atomic E-state index is 13.8. The molecule has 1 saturated carbocycles. The first-order chi connectivity index (χ1) is 24.9. The molecule has 1 aliphatic rings. The van der Waals surface area contributed by atoms with Gasteiger partial charge in [0.1, 0.15) is 35.5 Å². The van der Waals surface area contributed by atoms with Crippen molar-refractivity contribution in [2.45, 2.75) is 96.1 Å². The van der Waals surface area contributed by atoms with E-state index in [9.17, 15) is 38.7 Å². The van der Waals surface area contributed by atoms with Crippen LogP contribution in [0.25, 0.3) is 0 Å². The third kappa shape index (κ3) is 12.6. The van der Waals surface area contributed by atoms with Gasteiger partial charge in [0.05, 0.1) is 12.6 Å². The monoisotopic (exact) mass is 736 g/mol. The SMILES string of the molecule is CC(C)[C@H](NC(=O)[C@@H](NC(=O)C1(NC(=O)[C@H](Cc2ccccc2)NC(=O)[C@@H](C)NC(=O)[C@@H](N)Cc2ccc(O)cc2)CC1)C(C)C)C(=O)NCC(N)=O. The number of nitrogens with two attached hydrogens (primary N) is 2. The summed E-state index contributed by atoms with van der Waals surface area (Å²) < 4.78 is 0. The van der Waals surface area contributed by atoms with Crippen LogP contribution in [0, 0.1) is 11.8 Å². The minimum atomic E-state index is -1.35. The summed E-state index contributed by atoms with van der Waals surface area (Å²) in [5.74, 6) is -5.18. The Kier molecular flexibility index (Phi) is 14.9. The maximum absolute atomic E-state index is 13.8. The van der Waals surface area contributed by atoms with Crippen LogP contribution in [0.3, 0.4) is 0 Å². The molecule has 0 aliphatic heterocycles. The second-order valence-corrected chi connectivity index (χ2v) is 14.1. The number of rotatable bonds is 19. The number of hydrogen-bond donors (Lipinski definition) is 9. The van der Waals surface area contributed by atoms with Crippen LogP contribution in [0.15, 0.2) is 54.6 Å². The first-order valence-corrected chi connectivity index (χ1v) is 17.6. The van der Waals surface area contributed by atoms with E-state index in [1.165, 1.54) is 19.1 Å². The smallest absolute Gasteiger partial charge is 0.246 e. The number of benzene rings is 2. The number of hydrogen-bond acceptors (Lipinski definition) is 9. The zero-order valence-electron chi connectivity index (χ0n) is 30.7. The van der Waals surface area contributed by atoms with Crippen molar-refractivity contribution >= 4 is 41.4 Å². The molecule has 0 spiro atoms. The van der Waals surface area contributed by atoms with Crippen LogP contribution >= 0.6 is 0 Å². The predicted octanol–water partition coefficient (Wildman–Crippen LogP) is -0.974. The number of aromatic hydroxyl groups is 1. The molecule has 3 rings (SSSR count). The minimum absolute atomic E-state index is 0.0720. The number of phenols is 1. The van der Waals surface area contributed by atoms with E-state index in [4.69, 9.17) is 11.5 Å². The molecule has 288 valence electrons. The summed E-state index contributed by atoms with van der Waals surface area (Å²) in [5, 5.41) is 25.3. The van der Waals surface area contributed by atoms with Gasteiger partial charge in [-0.2, -0.15) is 0 Å². The van der Waals surface area contributed by atoms with Crippen LogP contribution in [0.2, 0.25) is 0 Å². The van der Waals surface area contributed by atoms with E-state index in [1.54, 1.807) is 70.2 Å². The summed E-state index contributed by atoms with van der Waals surface area (Å²) in [6, 6.07) is 9.85. The molecule has 2 aromatic rings. The highest BCUT2D eigenvalue weighted by atomic mass is 16.3. The van der Waals surface area contributed by atoms with Gasteiger partial charge in [0.25, 0.3) is 0 Å². The van der Waals surface area contributed by atoms with Gasteiger partial charge in [-0.1, -0.05) is 70.2 Å². The zero-order chi connectivity index (χ0) is 39.5. The lowest BCUT2D eigenvalue weighted by molar-refractivity contribution is -0.136. The lowest BCUT2D eigenvalue weighted by Crippen LogP contribution is -2.61. The lowest BCUT2D eigenvalue weighted by Gasteiger charge is -2.29. The van der Waals surface area contributed by atoms with E-state index in [0.29, 0.717) is 5.56 Å². The number of carbonyl (C=O) groups excluding carboxylic acids is 7. The van der Waals surface area contributed by atoms with E-state index in [1.807, 2.05) is 0 Å². The van der Waals surface area contributed by atoms with Crippen molar-refractivity contribution in [3.63, 3.8) is 0 Å². The molecule has 0 unspecified atom stereocenters. The van der Waals surface area contributed by atoms with E-state index < -0.39 is 89.6 Å². The largest absolute Gasteiger partial charge is 0.508 e. The first-order valence-electron chi connectivity index (χ1n) is 17.6. The zero-order valence-corrected chi connectivity index (χ0v) is 30.7. The highest BCUT2D eigenvalue weighted by Crippen LogP contribution is 2.36. The van der Waals surface area contributed by atoms with Gasteiger partial charge in [0.15, 0.2) is 0 Å². The third-order valence-corrected chi connectivity index (χ3v) is 8.86. The van der Waals surface area contributed by atoms with E-state index in [0.717, 1.165) is 5.56 Å². The Labute approximate surface area is 309 Å². The van der Waals surface area contributed by atoms with Gasteiger partial charge in [-0.3, -0.25) is 33.6 Å². The van der Waals surface area contributed by atoms with Crippen molar-refractivity contribution in [1.29, 1.82) is 0 Å². The van der Waals surface area contributed by atoms with Crippen molar-refractivity contribution in [1.82, 2.24) is 31.9 Å². The summed E-state index contributed by atoms with van der Waals surface area (Å²) in [4.78, 5) is 90.8. The molecular formula is C37H52N8O8. The molecule has 1 aliphatic carbocycles. The number of nitrogens with one attached hydrogen (secondary N) is 6. The molecule has 5 atom stereocenters. The Morgan fingerprint density at radius 2 is 1.25 bits per heavy atom. The molecule has 0 saturated heterocycles. The molecule has 2 aromatic carbocycles. The molecule has 1 fully saturated rings. The maximum Gasteiger partial charge on any atom is 0.246 e. The van der Waals surface area contributed by atoms with Gasteiger partial charge in [-0.25, -0.2) is 0 Å². The van der Waals surface area contributed by atoms with E-state index in [-0.39, 0.29) is 37.4 Å². The second kappa shape index (κ2) is 18.8. The number of carbonyl (C=O) groups is 7. The average molecular weight is 737 g/mol. The Bertz CT molecular complexity index is 1630. The molecule has 0 aromatic heterocycles. The fraction of sp³-hybridized carbons (Fsp3) is 0.486. The normalized spacial score (nSPS) is 15.8. The number of phenolic OH excluding ortho intramolecular Hbond substituents is 1. The van der Waals surface area contributed by atoms with Crippen molar-refractivity contribution in [3.05, 3.63) is 65.7 Å². The minimum Gasteiger partial charge on any atom is -0.508 e.